The van der Waals surface area contributed by atoms with Gasteiger partial charge in [0.05, 0.1) is 0 Å². The summed E-state index contributed by atoms with van der Waals surface area (Å²) in [6.07, 6.45) is 1.48. The molecule has 0 bridgehead atoms. The number of nitrogens with zero attached hydrogens (tertiary/aromatic N) is 1. The molecule has 0 saturated heterocycles. The summed E-state index contributed by atoms with van der Waals surface area (Å²) in [6, 6.07) is 7.71. The topological polar surface area (TPSA) is 61.3 Å². The highest BCUT2D eigenvalue weighted by Gasteiger charge is 2.01. The molecule has 4 nitrogen and oxygen atoms in total. The van der Waals surface area contributed by atoms with Crippen molar-refractivity contribution in [3.63, 3.8) is 0 Å². The molecule has 0 aliphatic heterocycles. The number of hydrogen-bond donors (Lipinski definition) is 1. The van der Waals surface area contributed by atoms with Gasteiger partial charge in [0.1, 0.15) is 24.3 Å². The number of nitrogens with two attached hydrogens (primary N) is 1. The molecule has 0 aliphatic rings. The minimum Gasteiger partial charge on any atom is -0.487 e. The molecule has 0 fully saturated rings. The summed E-state index contributed by atoms with van der Waals surface area (Å²) >= 11 is 3.35. The van der Waals surface area contributed by atoms with Crippen molar-refractivity contribution in [2.75, 3.05) is 5.73 Å². The zero-order valence-corrected chi connectivity index (χ0v) is 9.40. The van der Waals surface area contributed by atoms with Crippen LogP contribution in [0, 0.1) is 0 Å². The van der Waals surface area contributed by atoms with Gasteiger partial charge in [-0.1, -0.05) is 15.9 Å². The summed E-state index contributed by atoms with van der Waals surface area (Å²) < 4.78 is 11.3. The molecule has 0 unspecified atom stereocenters. The SMILES string of the molecule is Nc1nc(COc2ccc(Br)cc2)co1. The summed E-state index contributed by atoms with van der Waals surface area (Å²) in [4.78, 5) is 3.92. The Kier molecular flexibility index (Phi) is 2.91. The second-order valence-corrected chi connectivity index (χ2v) is 3.84. The van der Waals surface area contributed by atoms with E-state index in [-0.39, 0.29) is 6.01 Å². The fraction of sp³-hybridized carbons (Fsp3) is 0.100. The van der Waals surface area contributed by atoms with E-state index in [0.29, 0.717) is 12.3 Å². The molecule has 2 N–H and O–H groups in total. The third-order valence-electron chi connectivity index (χ3n) is 1.77. The Morgan fingerprint density at radius 3 is 2.67 bits per heavy atom. The molecule has 0 saturated carbocycles. The molecule has 78 valence electrons. The molecule has 0 amide bonds. The number of halogens is 1. The van der Waals surface area contributed by atoms with Gasteiger partial charge in [-0.25, -0.2) is 0 Å². The Morgan fingerprint density at radius 1 is 1.33 bits per heavy atom. The smallest absolute Gasteiger partial charge is 0.292 e. The van der Waals surface area contributed by atoms with Crippen LogP contribution in [0.2, 0.25) is 0 Å². The van der Waals surface area contributed by atoms with Crippen LogP contribution >= 0.6 is 15.9 Å². The van der Waals surface area contributed by atoms with E-state index in [1.54, 1.807) is 0 Å². The molecule has 0 aliphatic carbocycles. The normalized spacial score (nSPS) is 10.2. The van der Waals surface area contributed by atoms with E-state index in [9.17, 15) is 0 Å². The highest BCUT2D eigenvalue weighted by Crippen LogP contribution is 2.17. The maximum atomic E-state index is 5.46. The predicted molar refractivity (Wildman–Crippen MR) is 59.4 cm³/mol. The highest BCUT2D eigenvalue weighted by molar-refractivity contribution is 9.10. The summed E-state index contributed by atoms with van der Waals surface area (Å²) in [5, 5.41) is 0. The zero-order chi connectivity index (χ0) is 10.7. The maximum Gasteiger partial charge on any atom is 0.292 e. The number of nitrogen functional groups attached to an aromatic ring is 1. The highest BCUT2D eigenvalue weighted by atomic mass is 79.9. The van der Waals surface area contributed by atoms with Crippen LogP contribution in [0.25, 0.3) is 0 Å². The number of anilines is 1. The second-order valence-electron chi connectivity index (χ2n) is 2.92. The third-order valence-corrected chi connectivity index (χ3v) is 2.30. The number of ether oxygens (including phenoxy) is 1. The third kappa shape index (κ3) is 2.73. The van der Waals surface area contributed by atoms with E-state index in [1.807, 2.05) is 24.3 Å². The Morgan fingerprint density at radius 2 is 2.07 bits per heavy atom. The van der Waals surface area contributed by atoms with Gasteiger partial charge < -0.3 is 14.9 Å². The average Bonchev–Trinajstić information content (AvgIpc) is 2.64. The molecule has 1 heterocycles. The van der Waals surface area contributed by atoms with Crippen LogP contribution < -0.4 is 10.5 Å². The Labute approximate surface area is 95.2 Å². The van der Waals surface area contributed by atoms with Crippen LogP contribution in [-0.4, -0.2) is 4.98 Å². The Bertz CT molecular complexity index is 439. The molecule has 2 rings (SSSR count). The molecular weight excluding hydrogens is 260 g/mol. The summed E-state index contributed by atoms with van der Waals surface area (Å²) in [5.41, 5.74) is 6.00. The summed E-state index contributed by atoms with van der Waals surface area (Å²) in [7, 11) is 0. The maximum absolute atomic E-state index is 5.46. The van der Waals surface area contributed by atoms with E-state index in [0.717, 1.165) is 10.2 Å². The fourth-order valence-corrected chi connectivity index (χ4v) is 1.34. The van der Waals surface area contributed by atoms with Crippen molar-refractivity contribution in [1.82, 2.24) is 4.98 Å². The van der Waals surface area contributed by atoms with Gasteiger partial charge in [0.2, 0.25) is 0 Å². The quantitative estimate of drug-likeness (QED) is 0.930. The molecule has 2 aromatic rings. The summed E-state index contributed by atoms with van der Waals surface area (Å²) in [6.45, 7) is 0.350. The number of rotatable bonds is 3. The van der Waals surface area contributed by atoms with Crippen molar-refractivity contribution in [1.29, 1.82) is 0 Å². The van der Waals surface area contributed by atoms with Gasteiger partial charge in [0, 0.05) is 4.47 Å². The lowest BCUT2D eigenvalue weighted by Gasteiger charge is -2.02. The first-order valence-electron chi connectivity index (χ1n) is 4.32. The number of benzene rings is 1. The first-order valence-corrected chi connectivity index (χ1v) is 5.11. The van der Waals surface area contributed by atoms with Crippen LogP contribution in [0.5, 0.6) is 5.75 Å². The van der Waals surface area contributed by atoms with E-state index >= 15 is 0 Å². The lowest BCUT2D eigenvalue weighted by Crippen LogP contribution is -1.95. The minimum absolute atomic E-state index is 0.157. The molecule has 1 aromatic heterocycles. The first kappa shape index (κ1) is 10.0. The Balaban J connectivity index is 1.96. The van der Waals surface area contributed by atoms with Gasteiger partial charge in [-0.2, -0.15) is 4.98 Å². The van der Waals surface area contributed by atoms with Crippen LogP contribution in [0.3, 0.4) is 0 Å². The monoisotopic (exact) mass is 268 g/mol. The second kappa shape index (κ2) is 4.35. The largest absolute Gasteiger partial charge is 0.487 e. The molecule has 1 aromatic carbocycles. The van der Waals surface area contributed by atoms with Gasteiger partial charge in [-0.15, -0.1) is 0 Å². The van der Waals surface area contributed by atoms with E-state index < -0.39 is 0 Å². The van der Waals surface area contributed by atoms with E-state index in [4.69, 9.17) is 14.9 Å². The molecule has 0 spiro atoms. The lowest BCUT2D eigenvalue weighted by atomic mass is 10.3. The molecule has 15 heavy (non-hydrogen) atoms. The van der Waals surface area contributed by atoms with Crippen molar-refractivity contribution < 1.29 is 9.15 Å². The van der Waals surface area contributed by atoms with Crippen molar-refractivity contribution in [3.05, 3.63) is 40.7 Å². The predicted octanol–water partition coefficient (Wildman–Crippen LogP) is 2.60. The average molecular weight is 269 g/mol. The number of oxazole rings is 1. The summed E-state index contributed by atoms with van der Waals surface area (Å²) in [5.74, 6) is 0.778. The van der Waals surface area contributed by atoms with E-state index in [1.165, 1.54) is 6.26 Å². The standard InChI is InChI=1S/C10H9BrN2O2/c11-7-1-3-9(4-2-7)14-5-8-6-15-10(12)13-8/h1-4,6H,5H2,(H2,12,13). The van der Waals surface area contributed by atoms with Crippen LogP contribution in [-0.2, 0) is 6.61 Å². The van der Waals surface area contributed by atoms with Crippen LogP contribution in [0.1, 0.15) is 5.69 Å². The van der Waals surface area contributed by atoms with Gasteiger partial charge in [-0.3, -0.25) is 0 Å². The lowest BCUT2D eigenvalue weighted by molar-refractivity contribution is 0.301. The van der Waals surface area contributed by atoms with Gasteiger partial charge >= 0.3 is 0 Å². The van der Waals surface area contributed by atoms with Crippen molar-refractivity contribution in [3.8, 4) is 5.75 Å². The van der Waals surface area contributed by atoms with Crippen molar-refractivity contribution in [2.24, 2.45) is 0 Å². The molecular formula is C10H9BrN2O2. The van der Waals surface area contributed by atoms with Gasteiger partial charge in [-0.05, 0) is 24.3 Å². The minimum atomic E-state index is 0.157. The number of hydrogen-bond acceptors (Lipinski definition) is 4. The van der Waals surface area contributed by atoms with Crippen LogP contribution in [0.15, 0.2) is 39.4 Å². The molecule has 5 heteroatoms. The fourth-order valence-electron chi connectivity index (χ4n) is 1.08. The first-order chi connectivity index (χ1) is 7.24. The van der Waals surface area contributed by atoms with Crippen molar-refractivity contribution in [2.45, 2.75) is 6.61 Å². The van der Waals surface area contributed by atoms with Gasteiger partial charge in [0.25, 0.3) is 6.01 Å². The van der Waals surface area contributed by atoms with Gasteiger partial charge in [0.15, 0.2) is 0 Å². The molecule has 0 radical (unpaired) electrons. The van der Waals surface area contributed by atoms with Crippen LogP contribution in [0.4, 0.5) is 6.01 Å². The van der Waals surface area contributed by atoms with Crippen molar-refractivity contribution >= 4 is 21.9 Å². The van der Waals surface area contributed by atoms with E-state index in [2.05, 4.69) is 20.9 Å². The zero-order valence-electron chi connectivity index (χ0n) is 7.81. The molecule has 0 atom stereocenters. The number of aromatic nitrogens is 1. The Hall–Kier alpha value is -1.49.